The zero-order valence-corrected chi connectivity index (χ0v) is 11.2. The van der Waals surface area contributed by atoms with E-state index < -0.39 is 0 Å². The fourth-order valence-corrected chi connectivity index (χ4v) is 2.04. The maximum atomic E-state index is 5.81. The molecule has 0 saturated heterocycles. The molecule has 2 aromatic rings. The van der Waals surface area contributed by atoms with Crippen LogP contribution >= 0.6 is 0 Å². The molecule has 1 N–H and O–H groups in total. The van der Waals surface area contributed by atoms with Gasteiger partial charge in [-0.25, -0.2) is 10.1 Å². The largest absolute Gasteiger partial charge is 0.324 e. The molecule has 0 radical (unpaired) electrons. The highest BCUT2D eigenvalue weighted by atomic mass is 16.7. The molecule has 1 heterocycles. The van der Waals surface area contributed by atoms with Gasteiger partial charge in [0.1, 0.15) is 6.61 Å². The summed E-state index contributed by atoms with van der Waals surface area (Å²) in [6.45, 7) is 2.09. The number of nitrogens with one attached hydrogen (secondary N) is 1. The average molecular weight is 267 g/mol. The van der Waals surface area contributed by atoms with Crippen LogP contribution in [-0.4, -0.2) is 24.1 Å². The first-order valence-electron chi connectivity index (χ1n) is 6.73. The lowest BCUT2D eigenvalue weighted by Gasteiger charge is -2.20. The van der Waals surface area contributed by atoms with E-state index in [0.717, 1.165) is 30.3 Å². The van der Waals surface area contributed by atoms with Gasteiger partial charge < -0.3 is 5.32 Å². The fraction of sp³-hybridized carbons (Fsp3) is 0.188. The van der Waals surface area contributed by atoms with Crippen molar-refractivity contribution in [3.63, 3.8) is 0 Å². The molecule has 0 aliphatic carbocycles. The fourth-order valence-electron chi connectivity index (χ4n) is 2.04. The summed E-state index contributed by atoms with van der Waals surface area (Å²) < 4.78 is 0. The highest BCUT2D eigenvalue weighted by molar-refractivity contribution is 5.93. The van der Waals surface area contributed by atoms with Gasteiger partial charge in [-0.15, -0.1) is 0 Å². The Labute approximate surface area is 118 Å². The third-order valence-electron chi connectivity index (χ3n) is 3.06. The number of guanidine groups is 1. The zero-order valence-electron chi connectivity index (χ0n) is 11.2. The summed E-state index contributed by atoms with van der Waals surface area (Å²) in [5, 5.41) is 5.10. The normalized spacial score (nSPS) is 14.2. The van der Waals surface area contributed by atoms with Gasteiger partial charge in [-0.2, -0.15) is 0 Å². The summed E-state index contributed by atoms with van der Waals surface area (Å²) in [7, 11) is 0. The van der Waals surface area contributed by atoms with Crippen LogP contribution in [0.15, 0.2) is 65.7 Å². The number of hydrogen-bond acceptors (Lipinski definition) is 4. The molecule has 1 aliphatic rings. The Morgan fingerprint density at radius 3 is 2.45 bits per heavy atom. The topological polar surface area (TPSA) is 36.9 Å². The van der Waals surface area contributed by atoms with Gasteiger partial charge in [0.05, 0.1) is 13.1 Å². The molecule has 0 amide bonds. The van der Waals surface area contributed by atoms with Gasteiger partial charge in [0, 0.05) is 5.69 Å². The minimum Gasteiger partial charge on any atom is -0.324 e. The van der Waals surface area contributed by atoms with Crippen LogP contribution in [0.25, 0.3) is 0 Å². The zero-order chi connectivity index (χ0) is 13.6. The smallest absolute Gasteiger partial charge is 0.223 e. The molecule has 4 nitrogen and oxygen atoms in total. The predicted octanol–water partition coefficient (Wildman–Crippen LogP) is 2.90. The van der Waals surface area contributed by atoms with Crippen LogP contribution < -0.4 is 5.32 Å². The van der Waals surface area contributed by atoms with Crippen LogP contribution in [0.1, 0.15) is 5.56 Å². The van der Waals surface area contributed by atoms with Gasteiger partial charge in [0.25, 0.3) is 0 Å². The number of rotatable bonds is 4. The van der Waals surface area contributed by atoms with E-state index >= 15 is 0 Å². The number of aliphatic imine (C=N–C) groups is 1. The standard InChI is InChI=1S/C16H17N3O/c1-3-7-14(8-4-1)13-20-19-12-11-17-16(19)18-15-9-5-2-6-10-15/h1-10H,11-13H2,(H,17,18). The summed E-state index contributed by atoms with van der Waals surface area (Å²) in [5.74, 6) is 0.770. The Morgan fingerprint density at radius 2 is 1.70 bits per heavy atom. The van der Waals surface area contributed by atoms with Crippen LogP contribution in [0, 0.1) is 0 Å². The van der Waals surface area contributed by atoms with Crippen LogP contribution in [-0.2, 0) is 11.4 Å². The third kappa shape index (κ3) is 3.16. The molecule has 4 heteroatoms. The van der Waals surface area contributed by atoms with Crippen molar-refractivity contribution in [1.29, 1.82) is 0 Å². The number of para-hydroxylation sites is 1. The number of anilines is 1. The van der Waals surface area contributed by atoms with E-state index in [1.807, 2.05) is 53.6 Å². The molecular weight excluding hydrogens is 250 g/mol. The van der Waals surface area contributed by atoms with Crippen molar-refractivity contribution < 1.29 is 4.84 Å². The molecule has 0 bridgehead atoms. The molecule has 0 fully saturated rings. The Bertz CT molecular complexity index is 569. The molecule has 102 valence electrons. The monoisotopic (exact) mass is 267 g/mol. The van der Waals surface area contributed by atoms with E-state index in [1.165, 1.54) is 0 Å². The average Bonchev–Trinajstić information content (AvgIpc) is 2.94. The van der Waals surface area contributed by atoms with E-state index in [0.29, 0.717) is 6.61 Å². The number of benzene rings is 2. The Balaban J connectivity index is 1.58. The van der Waals surface area contributed by atoms with Crippen molar-refractivity contribution in [1.82, 2.24) is 5.06 Å². The second-order valence-corrected chi connectivity index (χ2v) is 4.56. The van der Waals surface area contributed by atoms with Crippen molar-refractivity contribution in [2.45, 2.75) is 6.61 Å². The van der Waals surface area contributed by atoms with Gasteiger partial charge in [-0.3, -0.25) is 4.84 Å². The summed E-state index contributed by atoms with van der Waals surface area (Å²) >= 11 is 0. The van der Waals surface area contributed by atoms with Crippen molar-refractivity contribution >= 4 is 11.6 Å². The van der Waals surface area contributed by atoms with E-state index in [2.05, 4.69) is 22.4 Å². The van der Waals surface area contributed by atoms with E-state index in [1.54, 1.807) is 0 Å². The van der Waals surface area contributed by atoms with E-state index in [4.69, 9.17) is 4.84 Å². The number of hydrogen-bond donors (Lipinski definition) is 1. The molecule has 0 atom stereocenters. The first-order valence-corrected chi connectivity index (χ1v) is 6.73. The summed E-state index contributed by atoms with van der Waals surface area (Å²) in [4.78, 5) is 10.2. The van der Waals surface area contributed by atoms with Gasteiger partial charge >= 0.3 is 0 Å². The van der Waals surface area contributed by atoms with E-state index in [9.17, 15) is 0 Å². The summed E-state index contributed by atoms with van der Waals surface area (Å²) in [6.07, 6.45) is 0. The molecule has 20 heavy (non-hydrogen) atoms. The van der Waals surface area contributed by atoms with Crippen LogP contribution in [0.5, 0.6) is 0 Å². The van der Waals surface area contributed by atoms with Crippen molar-refractivity contribution in [2.24, 2.45) is 4.99 Å². The maximum Gasteiger partial charge on any atom is 0.223 e. The Hall–Kier alpha value is -2.33. The molecule has 0 aromatic heterocycles. The van der Waals surface area contributed by atoms with Crippen LogP contribution in [0.4, 0.5) is 5.69 Å². The minimum absolute atomic E-state index is 0.552. The highest BCUT2D eigenvalue weighted by Crippen LogP contribution is 2.11. The number of nitrogens with zero attached hydrogens (tertiary/aromatic N) is 2. The first-order chi connectivity index (χ1) is 9.92. The lowest BCUT2D eigenvalue weighted by molar-refractivity contribution is -0.103. The predicted molar refractivity (Wildman–Crippen MR) is 80.3 cm³/mol. The molecule has 3 rings (SSSR count). The highest BCUT2D eigenvalue weighted by Gasteiger charge is 2.17. The lowest BCUT2D eigenvalue weighted by atomic mass is 10.2. The molecule has 0 spiro atoms. The second kappa shape index (κ2) is 6.21. The van der Waals surface area contributed by atoms with Crippen molar-refractivity contribution in [3.05, 3.63) is 66.2 Å². The molecule has 1 aliphatic heterocycles. The third-order valence-corrected chi connectivity index (χ3v) is 3.06. The van der Waals surface area contributed by atoms with Crippen LogP contribution in [0.3, 0.4) is 0 Å². The number of hydroxylamine groups is 2. The molecule has 0 unspecified atom stereocenters. The quantitative estimate of drug-likeness (QED) is 0.925. The van der Waals surface area contributed by atoms with Crippen molar-refractivity contribution in [2.75, 3.05) is 18.4 Å². The van der Waals surface area contributed by atoms with Gasteiger partial charge in [-0.05, 0) is 17.7 Å². The van der Waals surface area contributed by atoms with Crippen molar-refractivity contribution in [3.8, 4) is 0 Å². The molecular formula is C16H17N3O. The SMILES string of the molecule is c1ccc(CON2CCN=C2Nc2ccccc2)cc1. The molecule has 0 saturated carbocycles. The summed E-state index contributed by atoms with van der Waals surface area (Å²) in [6, 6.07) is 20.1. The minimum atomic E-state index is 0.552. The lowest BCUT2D eigenvalue weighted by Crippen LogP contribution is -2.33. The van der Waals surface area contributed by atoms with E-state index in [-0.39, 0.29) is 0 Å². The summed E-state index contributed by atoms with van der Waals surface area (Å²) in [5.41, 5.74) is 2.17. The molecule has 2 aromatic carbocycles. The van der Waals surface area contributed by atoms with Gasteiger partial charge in [-0.1, -0.05) is 48.5 Å². The van der Waals surface area contributed by atoms with Gasteiger partial charge in [0.15, 0.2) is 0 Å². The first kappa shape index (κ1) is 12.7. The Kier molecular flexibility index (Phi) is 3.94. The second-order valence-electron chi connectivity index (χ2n) is 4.56. The van der Waals surface area contributed by atoms with Gasteiger partial charge in [0.2, 0.25) is 5.96 Å². The maximum absolute atomic E-state index is 5.81. The van der Waals surface area contributed by atoms with Crippen LogP contribution in [0.2, 0.25) is 0 Å². The Morgan fingerprint density at radius 1 is 1.00 bits per heavy atom.